The SMILES string of the molecule is C=C1CCC(N2Cc3c(OCC(=O)NCCCCNC(=O)C[C@@H]4N=C(c5ccc(Cl)cc5)c5c(sc(C)c5C)-n5c(C)nnc54)cccc3C2=O)C(=O)N1. The number of piperidine rings is 1. The molecule has 2 aromatic carbocycles. The molecule has 1 unspecified atom stereocenters. The average molecular weight is 769 g/mol. The van der Waals surface area contributed by atoms with Crippen LogP contribution in [0.2, 0.25) is 5.02 Å². The summed E-state index contributed by atoms with van der Waals surface area (Å²) in [5.74, 6) is 0.845. The lowest BCUT2D eigenvalue weighted by molar-refractivity contribution is -0.126. The number of aryl methyl sites for hydroxylation is 2. The second-order valence-electron chi connectivity index (χ2n) is 13.7. The lowest BCUT2D eigenvalue weighted by atomic mass is 9.99. The van der Waals surface area contributed by atoms with E-state index in [-0.39, 0.29) is 43.2 Å². The van der Waals surface area contributed by atoms with Crippen LogP contribution in [0.3, 0.4) is 0 Å². The Balaban J connectivity index is 0.896. The molecule has 5 heterocycles. The number of aromatic nitrogens is 3. The highest BCUT2D eigenvalue weighted by atomic mass is 35.5. The van der Waals surface area contributed by atoms with Crippen LogP contribution in [-0.4, -0.2) is 74.7 Å². The molecule has 3 aliphatic rings. The van der Waals surface area contributed by atoms with Gasteiger partial charge in [-0.15, -0.1) is 21.5 Å². The van der Waals surface area contributed by atoms with Crippen LogP contribution in [0.25, 0.3) is 5.00 Å². The molecule has 2 atom stereocenters. The molecule has 4 aromatic rings. The van der Waals surface area contributed by atoms with Crippen LogP contribution in [0, 0.1) is 20.8 Å². The van der Waals surface area contributed by atoms with Crippen molar-refractivity contribution in [2.24, 2.45) is 4.99 Å². The Morgan fingerprint density at radius 1 is 1.04 bits per heavy atom. The molecule has 3 N–H and O–H groups in total. The monoisotopic (exact) mass is 768 g/mol. The number of hydrogen-bond donors (Lipinski definition) is 3. The summed E-state index contributed by atoms with van der Waals surface area (Å²) in [4.78, 5) is 59.5. The van der Waals surface area contributed by atoms with Crippen molar-refractivity contribution in [3.8, 4) is 10.8 Å². The average Bonchev–Trinajstić information content (AvgIpc) is 3.76. The third kappa shape index (κ3) is 7.40. The fraction of sp³-hybridized carbons (Fsp3) is 0.359. The number of hydrogen-bond acceptors (Lipinski definition) is 9. The number of halogens is 1. The molecule has 54 heavy (non-hydrogen) atoms. The van der Waals surface area contributed by atoms with Crippen molar-refractivity contribution < 1.29 is 23.9 Å². The summed E-state index contributed by atoms with van der Waals surface area (Å²) < 4.78 is 7.85. The molecule has 0 radical (unpaired) electrons. The molecule has 13 nitrogen and oxygen atoms in total. The molecule has 0 aliphatic carbocycles. The minimum absolute atomic E-state index is 0.0897. The van der Waals surface area contributed by atoms with Crippen molar-refractivity contribution in [2.45, 2.75) is 71.5 Å². The topological polar surface area (TPSA) is 160 Å². The van der Waals surface area contributed by atoms with Gasteiger partial charge >= 0.3 is 0 Å². The highest BCUT2D eigenvalue weighted by Crippen LogP contribution is 2.40. The lowest BCUT2D eigenvalue weighted by Gasteiger charge is -2.31. The quantitative estimate of drug-likeness (QED) is 0.171. The summed E-state index contributed by atoms with van der Waals surface area (Å²) in [5, 5.41) is 19.0. The number of nitrogens with one attached hydrogen (secondary N) is 3. The molecule has 7 rings (SSSR count). The van der Waals surface area contributed by atoms with E-state index in [1.807, 2.05) is 35.8 Å². The maximum atomic E-state index is 13.3. The number of rotatable bonds is 12. The Morgan fingerprint density at radius 2 is 1.78 bits per heavy atom. The van der Waals surface area contributed by atoms with Crippen LogP contribution in [0.1, 0.15) is 87.3 Å². The van der Waals surface area contributed by atoms with Crippen molar-refractivity contribution in [3.63, 3.8) is 0 Å². The number of unbranched alkanes of at least 4 members (excludes halogenated alkanes) is 1. The van der Waals surface area contributed by atoms with Gasteiger partial charge in [-0.25, -0.2) is 0 Å². The van der Waals surface area contributed by atoms with Crippen molar-refractivity contribution in [3.05, 3.63) is 104 Å². The first kappa shape index (κ1) is 37.0. The summed E-state index contributed by atoms with van der Waals surface area (Å²) in [6.45, 7) is 10.7. The number of aliphatic imine (C=N–C) groups is 1. The fourth-order valence-electron chi connectivity index (χ4n) is 7.05. The van der Waals surface area contributed by atoms with Gasteiger partial charge in [0, 0.05) is 50.9 Å². The number of thiophene rings is 1. The Hall–Kier alpha value is -5.34. The van der Waals surface area contributed by atoms with E-state index in [0.29, 0.717) is 72.2 Å². The van der Waals surface area contributed by atoms with Crippen LogP contribution < -0.4 is 20.7 Å². The lowest BCUT2D eigenvalue weighted by Crippen LogP contribution is -2.49. The fourth-order valence-corrected chi connectivity index (χ4v) is 8.39. The van der Waals surface area contributed by atoms with E-state index in [9.17, 15) is 19.2 Å². The first-order chi connectivity index (χ1) is 26.0. The van der Waals surface area contributed by atoms with Crippen LogP contribution in [0.4, 0.5) is 0 Å². The molecular weight excluding hydrogens is 728 g/mol. The second kappa shape index (κ2) is 15.6. The number of carbonyl (C=O) groups is 4. The molecule has 0 spiro atoms. The largest absolute Gasteiger partial charge is 0.483 e. The highest BCUT2D eigenvalue weighted by molar-refractivity contribution is 7.15. The van der Waals surface area contributed by atoms with Crippen molar-refractivity contribution >= 4 is 52.3 Å². The predicted molar refractivity (Wildman–Crippen MR) is 205 cm³/mol. The first-order valence-corrected chi connectivity index (χ1v) is 19.1. The molecule has 0 bridgehead atoms. The van der Waals surface area contributed by atoms with Crippen LogP contribution in [0.15, 0.2) is 59.7 Å². The van der Waals surface area contributed by atoms with Crippen molar-refractivity contribution in [1.29, 1.82) is 0 Å². The summed E-state index contributed by atoms with van der Waals surface area (Å²) in [5.41, 5.74) is 5.60. The van der Waals surface area contributed by atoms with Gasteiger partial charge in [0.1, 0.15) is 28.7 Å². The molecule has 1 fully saturated rings. The van der Waals surface area contributed by atoms with E-state index >= 15 is 0 Å². The Kier molecular flexibility index (Phi) is 10.7. The van der Waals surface area contributed by atoms with E-state index in [1.54, 1.807) is 34.4 Å². The zero-order valence-corrected chi connectivity index (χ0v) is 31.9. The molecular formula is C39H41ClN8O5S. The molecule has 280 valence electrons. The zero-order valence-electron chi connectivity index (χ0n) is 30.3. The van der Waals surface area contributed by atoms with Gasteiger partial charge in [0.25, 0.3) is 11.8 Å². The van der Waals surface area contributed by atoms with Gasteiger partial charge in [-0.1, -0.05) is 36.4 Å². The van der Waals surface area contributed by atoms with E-state index < -0.39 is 12.1 Å². The van der Waals surface area contributed by atoms with Gasteiger partial charge in [-0.2, -0.15) is 0 Å². The number of fused-ring (bicyclic) bond motifs is 4. The Labute approximate surface area is 321 Å². The van der Waals surface area contributed by atoms with Gasteiger partial charge in [-0.05, 0) is 76.3 Å². The summed E-state index contributed by atoms with van der Waals surface area (Å²) in [6.07, 6.45) is 2.49. The number of amides is 4. The number of carbonyl (C=O) groups excluding carboxylic acids is 4. The minimum atomic E-state index is -0.580. The van der Waals surface area contributed by atoms with E-state index in [0.717, 1.165) is 33.2 Å². The van der Waals surface area contributed by atoms with Crippen molar-refractivity contribution in [1.82, 2.24) is 35.6 Å². The third-order valence-corrected chi connectivity index (χ3v) is 11.4. The van der Waals surface area contributed by atoms with E-state index in [1.165, 1.54) is 4.88 Å². The smallest absolute Gasteiger partial charge is 0.257 e. The summed E-state index contributed by atoms with van der Waals surface area (Å²) in [7, 11) is 0. The van der Waals surface area contributed by atoms with Crippen LogP contribution >= 0.6 is 22.9 Å². The molecule has 3 aliphatic heterocycles. The zero-order chi connectivity index (χ0) is 38.1. The van der Waals surface area contributed by atoms with E-state index in [4.69, 9.17) is 21.3 Å². The van der Waals surface area contributed by atoms with Gasteiger partial charge in [0.2, 0.25) is 11.8 Å². The van der Waals surface area contributed by atoms with Gasteiger partial charge in [-0.3, -0.25) is 28.7 Å². The number of nitrogens with zero attached hydrogens (tertiary/aromatic N) is 5. The third-order valence-electron chi connectivity index (χ3n) is 9.99. The first-order valence-electron chi connectivity index (χ1n) is 17.9. The maximum absolute atomic E-state index is 13.3. The van der Waals surface area contributed by atoms with Crippen molar-refractivity contribution in [2.75, 3.05) is 19.7 Å². The summed E-state index contributed by atoms with van der Waals surface area (Å²) >= 11 is 7.87. The van der Waals surface area contributed by atoms with Gasteiger partial charge < -0.3 is 25.6 Å². The second-order valence-corrected chi connectivity index (χ2v) is 15.3. The van der Waals surface area contributed by atoms with Crippen LogP contribution in [-0.2, 0) is 20.9 Å². The molecule has 15 heteroatoms. The maximum Gasteiger partial charge on any atom is 0.257 e. The van der Waals surface area contributed by atoms with Crippen LogP contribution in [0.5, 0.6) is 5.75 Å². The molecule has 1 saturated heterocycles. The summed E-state index contributed by atoms with van der Waals surface area (Å²) in [6, 6.07) is 11.6. The predicted octanol–water partition coefficient (Wildman–Crippen LogP) is 5.03. The molecule has 4 amide bonds. The standard InChI is InChI=1S/C39H41ClN8O5S/c1-21-10-15-30(37(51)43-21)47-19-28-27(38(47)52)8-7-9-31(28)53-20-33(50)42-17-6-5-16-41-32(49)18-29-36-46-45-24(4)48(36)39-34(22(2)23(3)54-39)35(44-29)25-11-13-26(40)14-12-25/h7-9,11-14,29-30H,1,5-6,10,15-20H2,2-4H3,(H,41,49)(H,42,50)(H,43,51)/t29-,30?/m0/s1. The Bertz CT molecular complexity index is 2190. The molecule has 2 aromatic heterocycles. The van der Waals surface area contributed by atoms with E-state index in [2.05, 4.69) is 46.6 Å². The van der Waals surface area contributed by atoms with Gasteiger partial charge in [0.05, 0.1) is 18.7 Å². The number of allylic oxidation sites excluding steroid dienone is 1. The molecule has 0 saturated carbocycles. The minimum Gasteiger partial charge on any atom is -0.483 e. The Morgan fingerprint density at radius 3 is 2.52 bits per heavy atom. The number of benzene rings is 2. The van der Waals surface area contributed by atoms with Gasteiger partial charge in [0.15, 0.2) is 12.4 Å². The highest BCUT2D eigenvalue weighted by Gasteiger charge is 2.39. The normalized spacial score (nSPS) is 17.6. The number of ether oxygens (including phenoxy) is 1.